The summed E-state index contributed by atoms with van der Waals surface area (Å²) in [7, 11) is 1.60. The van der Waals surface area contributed by atoms with Gasteiger partial charge >= 0.3 is 5.97 Å². The molecule has 0 aliphatic heterocycles. The molecule has 0 atom stereocenters. The van der Waals surface area contributed by atoms with Crippen LogP contribution in [0.15, 0.2) is 18.2 Å². The Kier molecular flexibility index (Phi) is 2.83. The minimum atomic E-state index is -0.861. The SMILES string of the molecule is CCc1c(C(=O)O)sc2c(OC)cccc12. The van der Waals surface area contributed by atoms with Crippen molar-refractivity contribution in [1.29, 1.82) is 0 Å². The molecular weight excluding hydrogens is 224 g/mol. The largest absolute Gasteiger partial charge is 0.495 e. The second-order valence-electron chi connectivity index (χ2n) is 3.41. The number of fused-ring (bicyclic) bond motifs is 1. The lowest BCUT2D eigenvalue weighted by molar-refractivity contribution is 0.0701. The van der Waals surface area contributed by atoms with Gasteiger partial charge in [0.1, 0.15) is 10.6 Å². The average Bonchev–Trinajstić information content (AvgIpc) is 2.67. The maximum atomic E-state index is 11.1. The summed E-state index contributed by atoms with van der Waals surface area (Å²) in [5.74, 6) is -0.121. The summed E-state index contributed by atoms with van der Waals surface area (Å²) in [5, 5.41) is 10.1. The van der Waals surface area contributed by atoms with Crippen molar-refractivity contribution in [2.75, 3.05) is 7.11 Å². The smallest absolute Gasteiger partial charge is 0.346 e. The summed E-state index contributed by atoms with van der Waals surface area (Å²) in [6, 6.07) is 5.68. The Labute approximate surface area is 97.3 Å². The number of benzene rings is 1. The second-order valence-corrected chi connectivity index (χ2v) is 4.43. The molecule has 0 fully saturated rings. The topological polar surface area (TPSA) is 46.5 Å². The highest BCUT2D eigenvalue weighted by Crippen LogP contribution is 2.37. The molecule has 1 heterocycles. The van der Waals surface area contributed by atoms with E-state index in [9.17, 15) is 4.79 Å². The van der Waals surface area contributed by atoms with E-state index >= 15 is 0 Å². The Morgan fingerprint density at radius 1 is 1.50 bits per heavy atom. The van der Waals surface area contributed by atoms with Crippen molar-refractivity contribution >= 4 is 27.4 Å². The van der Waals surface area contributed by atoms with E-state index in [1.807, 2.05) is 25.1 Å². The Bertz CT molecular complexity index is 542. The molecule has 84 valence electrons. The van der Waals surface area contributed by atoms with Gasteiger partial charge in [-0.15, -0.1) is 11.3 Å². The molecule has 0 amide bonds. The highest BCUT2D eigenvalue weighted by Gasteiger charge is 2.18. The average molecular weight is 236 g/mol. The van der Waals surface area contributed by atoms with E-state index in [1.54, 1.807) is 7.11 Å². The quantitative estimate of drug-likeness (QED) is 0.890. The van der Waals surface area contributed by atoms with Crippen LogP contribution in [0.4, 0.5) is 0 Å². The molecule has 1 N–H and O–H groups in total. The molecule has 1 aromatic heterocycles. The zero-order valence-electron chi connectivity index (χ0n) is 9.11. The summed E-state index contributed by atoms with van der Waals surface area (Å²) in [6.45, 7) is 1.97. The van der Waals surface area contributed by atoms with Crippen molar-refractivity contribution in [3.63, 3.8) is 0 Å². The monoisotopic (exact) mass is 236 g/mol. The van der Waals surface area contributed by atoms with Crippen LogP contribution < -0.4 is 4.74 Å². The molecule has 0 bridgehead atoms. The number of methoxy groups -OCH3 is 1. The summed E-state index contributed by atoms with van der Waals surface area (Å²) in [6.07, 6.45) is 0.717. The third-order valence-corrected chi connectivity index (χ3v) is 3.80. The Balaban J connectivity index is 2.80. The molecule has 16 heavy (non-hydrogen) atoms. The second kappa shape index (κ2) is 4.14. The third-order valence-electron chi connectivity index (χ3n) is 2.55. The molecule has 3 nitrogen and oxygen atoms in total. The molecule has 0 aliphatic rings. The van der Waals surface area contributed by atoms with E-state index in [4.69, 9.17) is 9.84 Å². The van der Waals surface area contributed by atoms with Gasteiger partial charge in [-0.2, -0.15) is 0 Å². The first-order chi connectivity index (χ1) is 7.69. The first kappa shape index (κ1) is 11.0. The van der Waals surface area contributed by atoms with E-state index in [-0.39, 0.29) is 0 Å². The van der Waals surface area contributed by atoms with Crippen LogP contribution in [0.25, 0.3) is 10.1 Å². The van der Waals surface area contributed by atoms with Gasteiger partial charge in [0.05, 0.1) is 11.8 Å². The molecule has 1 aromatic carbocycles. The van der Waals surface area contributed by atoms with E-state index in [1.165, 1.54) is 11.3 Å². The Hall–Kier alpha value is -1.55. The van der Waals surface area contributed by atoms with Crippen LogP contribution in [-0.4, -0.2) is 18.2 Å². The number of aromatic carboxylic acids is 1. The molecule has 2 rings (SSSR count). The third kappa shape index (κ3) is 1.55. The van der Waals surface area contributed by atoms with E-state index in [2.05, 4.69) is 0 Å². The lowest BCUT2D eigenvalue weighted by atomic mass is 10.1. The van der Waals surface area contributed by atoms with Crippen LogP contribution in [0.5, 0.6) is 5.75 Å². The van der Waals surface area contributed by atoms with Crippen LogP contribution in [0, 0.1) is 0 Å². The predicted octanol–water partition coefficient (Wildman–Crippen LogP) is 3.17. The molecular formula is C12H12O3S. The number of hydrogen-bond acceptors (Lipinski definition) is 3. The number of thiophene rings is 1. The zero-order valence-corrected chi connectivity index (χ0v) is 9.93. The number of ether oxygens (including phenoxy) is 1. The minimum absolute atomic E-state index is 0.419. The predicted molar refractivity (Wildman–Crippen MR) is 64.7 cm³/mol. The number of rotatable bonds is 3. The molecule has 4 heteroatoms. The number of carbonyl (C=O) groups is 1. The summed E-state index contributed by atoms with van der Waals surface area (Å²) in [5.41, 5.74) is 0.895. The normalized spacial score (nSPS) is 10.6. The van der Waals surface area contributed by atoms with Crippen LogP contribution >= 0.6 is 11.3 Å². The molecule has 0 radical (unpaired) electrons. The first-order valence-electron chi connectivity index (χ1n) is 5.00. The molecule has 0 saturated heterocycles. The van der Waals surface area contributed by atoms with Gasteiger partial charge in [0.2, 0.25) is 0 Å². The fourth-order valence-corrected chi connectivity index (χ4v) is 3.05. The van der Waals surface area contributed by atoms with E-state index < -0.39 is 5.97 Å². The molecule has 0 aliphatic carbocycles. The Morgan fingerprint density at radius 3 is 2.81 bits per heavy atom. The van der Waals surface area contributed by atoms with Gasteiger partial charge in [0.25, 0.3) is 0 Å². The van der Waals surface area contributed by atoms with E-state index in [0.29, 0.717) is 4.88 Å². The maximum Gasteiger partial charge on any atom is 0.346 e. The molecule has 0 unspecified atom stereocenters. The Morgan fingerprint density at radius 2 is 2.25 bits per heavy atom. The highest BCUT2D eigenvalue weighted by molar-refractivity contribution is 7.21. The van der Waals surface area contributed by atoms with Gasteiger partial charge < -0.3 is 9.84 Å². The van der Waals surface area contributed by atoms with Crippen molar-refractivity contribution < 1.29 is 14.6 Å². The zero-order chi connectivity index (χ0) is 11.7. The number of aryl methyl sites for hydroxylation is 1. The molecule has 0 spiro atoms. The van der Waals surface area contributed by atoms with Crippen molar-refractivity contribution in [2.24, 2.45) is 0 Å². The van der Waals surface area contributed by atoms with E-state index in [0.717, 1.165) is 27.8 Å². The van der Waals surface area contributed by atoms with Gasteiger partial charge in [0.15, 0.2) is 0 Å². The standard InChI is InChI=1S/C12H12O3S/c1-3-7-8-5-4-6-9(15-2)10(8)16-11(7)12(13)14/h4-6H,3H2,1-2H3,(H,13,14). The van der Waals surface area contributed by atoms with Crippen molar-refractivity contribution in [3.8, 4) is 5.75 Å². The highest BCUT2D eigenvalue weighted by atomic mass is 32.1. The summed E-state index contributed by atoms with van der Waals surface area (Å²) >= 11 is 1.28. The fraction of sp³-hybridized carbons (Fsp3) is 0.250. The van der Waals surface area contributed by atoms with Gasteiger partial charge in [-0.1, -0.05) is 19.1 Å². The van der Waals surface area contributed by atoms with Gasteiger partial charge in [-0.05, 0) is 18.1 Å². The van der Waals surface area contributed by atoms with Crippen molar-refractivity contribution in [1.82, 2.24) is 0 Å². The van der Waals surface area contributed by atoms with Gasteiger partial charge in [0, 0.05) is 5.39 Å². The minimum Gasteiger partial charge on any atom is -0.495 e. The fourth-order valence-electron chi connectivity index (χ4n) is 1.83. The van der Waals surface area contributed by atoms with Crippen LogP contribution in [0.3, 0.4) is 0 Å². The summed E-state index contributed by atoms with van der Waals surface area (Å²) < 4.78 is 6.15. The van der Waals surface area contributed by atoms with Crippen molar-refractivity contribution in [2.45, 2.75) is 13.3 Å². The lowest BCUT2D eigenvalue weighted by Gasteiger charge is -2.00. The maximum absolute atomic E-state index is 11.1. The van der Waals surface area contributed by atoms with Crippen LogP contribution in [0.1, 0.15) is 22.2 Å². The number of hydrogen-bond donors (Lipinski definition) is 1. The molecule has 2 aromatic rings. The van der Waals surface area contributed by atoms with Gasteiger partial charge in [-0.25, -0.2) is 4.79 Å². The lowest BCUT2D eigenvalue weighted by Crippen LogP contribution is -1.96. The summed E-state index contributed by atoms with van der Waals surface area (Å²) in [4.78, 5) is 11.5. The number of carboxylic acids is 1. The first-order valence-corrected chi connectivity index (χ1v) is 5.82. The molecule has 0 saturated carbocycles. The van der Waals surface area contributed by atoms with Gasteiger partial charge in [-0.3, -0.25) is 0 Å². The van der Waals surface area contributed by atoms with Crippen LogP contribution in [-0.2, 0) is 6.42 Å². The van der Waals surface area contributed by atoms with Crippen molar-refractivity contribution in [3.05, 3.63) is 28.6 Å². The number of carboxylic acid groups (broad SMARTS) is 1. The van der Waals surface area contributed by atoms with Crippen LogP contribution in [0.2, 0.25) is 0 Å².